The van der Waals surface area contributed by atoms with Gasteiger partial charge in [-0.2, -0.15) is 0 Å². The van der Waals surface area contributed by atoms with Gasteiger partial charge in [0.1, 0.15) is 0 Å². The zero-order chi connectivity index (χ0) is 25.5. The number of hydrogen-bond acceptors (Lipinski definition) is 3. The molecule has 0 aliphatic heterocycles. The molecule has 4 heteroatoms. The molecule has 0 spiro atoms. The molecule has 0 aromatic heterocycles. The van der Waals surface area contributed by atoms with Crippen molar-refractivity contribution in [3.63, 3.8) is 0 Å². The maximum absolute atomic E-state index is 11.4. The van der Waals surface area contributed by atoms with Gasteiger partial charge < -0.3 is 9.16 Å². The first kappa shape index (κ1) is 28.9. The van der Waals surface area contributed by atoms with Crippen LogP contribution in [0.2, 0.25) is 18.1 Å². The largest absolute Gasteiger partial charge is 0.469 e. The molecule has 0 amide bonds. The summed E-state index contributed by atoms with van der Waals surface area (Å²) >= 11 is 0. The van der Waals surface area contributed by atoms with Gasteiger partial charge in [-0.05, 0) is 80.8 Å². The summed E-state index contributed by atoms with van der Waals surface area (Å²) in [7, 11) is -0.357. The van der Waals surface area contributed by atoms with Gasteiger partial charge in [-0.1, -0.05) is 58.4 Å². The van der Waals surface area contributed by atoms with E-state index >= 15 is 0 Å². The minimum absolute atomic E-state index is 0.106. The van der Waals surface area contributed by atoms with Gasteiger partial charge >= 0.3 is 5.97 Å². The van der Waals surface area contributed by atoms with Crippen molar-refractivity contribution in [1.29, 1.82) is 0 Å². The first-order valence-corrected chi connectivity index (χ1v) is 16.3. The van der Waals surface area contributed by atoms with Crippen LogP contribution < -0.4 is 0 Å². The number of allylic oxidation sites excluding steroid dienone is 3. The third kappa shape index (κ3) is 7.85. The van der Waals surface area contributed by atoms with E-state index in [-0.39, 0.29) is 11.0 Å². The highest BCUT2D eigenvalue weighted by Gasteiger charge is 2.49. The lowest BCUT2D eigenvalue weighted by molar-refractivity contribution is -0.140. The molecule has 2 saturated carbocycles. The standard InChI is InChI=1S/C30H50O3Si/c1-10-11-14-22(2)23(3)17-18-26-27-20-24(15-12-13-16-29(31)32-7)19-25(27)21-28(26)33-34(8,9)30(4,5)6/h15,17-18,22-23,25-28H,12-14,16,19-21H2,1-9H3/b18-17+,24-15+/t22-,23+,25-,26+,27-,28?/m0/s1. The van der Waals surface area contributed by atoms with Crippen LogP contribution in [0.3, 0.4) is 0 Å². The average molecular weight is 487 g/mol. The molecule has 0 bridgehead atoms. The Morgan fingerprint density at radius 3 is 2.56 bits per heavy atom. The Kier molecular flexibility index (Phi) is 10.7. The lowest BCUT2D eigenvalue weighted by Crippen LogP contribution is -2.45. The molecule has 0 saturated heterocycles. The van der Waals surface area contributed by atoms with Crippen LogP contribution in [-0.4, -0.2) is 27.5 Å². The van der Waals surface area contributed by atoms with Crippen LogP contribution >= 0.6 is 0 Å². The molecule has 0 N–H and O–H groups in total. The Labute approximate surface area is 211 Å². The van der Waals surface area contributed by atoms with Gasteiger partial charge in [-0.3, -0.25) is 4.79 Å². The van der Waals surface area contributed by atoms with Gasteiger partial charge in [-0.15, -0.1) is 11.8 Å². The number of carbonyl (C=O) groups excluding carboxylic acids is 1. The van der Waals surface area contributed by atoms with E-state index in [1.807, 2.05) is 6.92 Å². The van der Waals surface area contributed by atoms with Crippen molar-refractivity contribution < 1.29 is 14.0 Å². The molecular weight excluding hydrogens is 436 g/mol. The number of hydrogen-bond donors (Lipinski definition) is 0. The summed E-state index contributed by atoms with van der Waals surface area (Å²) < 4.78 is 11.8. The van der Waals surface area contributed by atoms with E-state index in [4.69, 9.17) is 9.16 Å². The fourth-order valence-corrected chi connectivity index (χ4v) is 6.56. The number of unbranched alkanes of at least 4 members (excludes halogenated alkanes) is 1. The number of methoxy groups -OCH3 is 1. The van der Waals surface area contributed by atoms with Gasteiger partial charge in [0.25, 0.3) is 0 Å². The summed E-state index contributed by atoms with van der Waals surface area (Å²) in [6.45, 7) is 18.4. The second-order valence-corrected chi connectivity index (χ2v) is 17.0. The normalized spacial score (nSPS) is 28.0. The maximum Gasteiger partial charge on any atom is 0.305 e. The average Bonchev–Trinajstić information content (AvgIpc) is 3.28. The van der Waals surface area contributed by atoms with Crippen molar-refractivity contribution in [3.05, 3.63) is 23.8 Å². The molecule has 0 aromatic carbocycles. The molecule has 2 aliphatic carbocycles. The summed E-state index contributed by atoms with van der Waals surface area (Å²) in [5.74, 6) is 9.16. The zero-order valence-corrected chi connectivity index (χ0v) is 24.4. The maximum atomic E-state index is 11.4. The lowest BCUT2D eigenvalue weighted by atomic mass is 9.87. The van der Waals surface area contributed by atoms with Gasteiger partial charge in [-0.25, -0.2) is 0 Å². The Bertz CT molecular complexity index is 792. The van der Waals surface area contributed by atoms with Crippen LogP contribution in [0.15, 0.2) is 23.8 Å². The summed E-state index contributed by atoms with van der Waals surface area (Å²) in [6, 6.07) is 0. The van der Waals surface area contributed by atoms with E-state index in [0.29, 0.717) is 36.2 Å². The number of fused-ring (bicyclic) bond motifs is 1. The molecule has 0 radical (unpaired) electrons. The highest BCUT2D eigenvalue weighted by Crippen LogP contribution is 2.53. The third-order valence-corrected chi connectivity index (χ3v) is 13.2. The molecular formula is C30H50O3Si. The molecule has 2 rings (SSSR count). The van der Waals surface area contributed by atoms with Crippen molar-refractivity contribution >= 4 is 14.3 Å². The second kappa shape index (κ2) is 12.6. The molecule has 192 valence electrons. The molecule has 2 fully saturated rings. The number of rotatable bonds is 10. The fraction of sp³-hybridized carbons (Fsp3) is 0.767. The highest BCUT2D eigenvalue weighted by molar-refractivity contribution is 6.74. The second-order valence-electron chi connectivity index (χ2n) is 12.2. The Hall–Kier alpha value is -1.31. The number of esters is 1. The van der Waals surface area contributed by atoms with Crippen molar-refractivity contribution in [3.8, 4) is 11.8 Å². The van der Waals surface area contributed by atoms with E-state index in [0.717, 1.165) is 25.2 Å². The third-order valence-electron chi connectivity index (χ3n) is 8.72. The summed E-state index contributed by atoms with van der Waals surface area (Å²) in [4.78, 5) is 11.4. The van der Waals surface area contributed by atoms with E-state index in [1.165, 1.54) is 26.4 Å². The molecule has 34 heavy (non-hydrogen) atoms. The predicted molar refractivity (Wildman–Crippen MR) is 146 cm³/mol. The van der Waals surface area contributed by atoms with Crippen LogP contribution in [0, 0.1) is 41.4 Å². The van der Waals surface area contributed by atoms with Gasteiger partial charge in [0, 0.05) is 18.8 Å². The van der Waals surface area contributed by atoms with Crippen molar-refractivity contribution in [2.24, 2.45) is 29.6 Å². The topological polar surface area (TPSA) is 35.5 Å². The Morgan fingerprint density at radius 1 is 1.24 bits per heavy atom. The van der Waals surface area contributed by atoms with E-state index in [1.54, 1.807) is 5.57 Å². The van der Waals surface area contributed by atoms with Crippen LogP contribution in [-0.2, 0) is 14.0 Å². The molecule has 2 aliphatic rings. The molecule has 0 aromatic rings. The molecule has 1 unspecified atom stereocenters. The quantitative estimate of drug-likeness (QED) is 0.103. The fourth-order valence-electron chi connectivity index (χ4n) is 5.19. The van der Waals surface area contributed by atoms with Crippen LogP contribution in [0.5, 0.6) is 0 Å². The monoisotopic (exact) mass is 486 g/mol. The minimum Gasteiger partial charge on any atom is -0.469 e. The van der Waals surface area contributed by atoms with Gasteiger partial charge in [0.15, 0.2) is 8.32 Å². The minimum atomic E-state index is -1.82. The zero-order valence-electron chi connectivity index (χ0n) is 23.4. The molecule has 3 nitrogen and oxygen atoms in total. The van der Waals surface area contributed by atoms with Crippen molar-refractivity contribution in [2.45, 2.75) is 111 Å². The van der Waals surface area contributed by atoms with E-state index < -0.39 is 8.32 Å². The van der Waals surface area contributed by atoms with E-state index in [9.17, 15) is 4.79 Å². The van der Waals surface area contributed by atoms with Crippen LogP contribution in [0.25, 0.3) is 0 Å². The highest BCUT2D eigenvalue weighted by atomic mass is 28.4. The smallest absolute Gasteiger partial charge is 0.305 e. The number of carbonyl (C=O) groups is 1. The first-order valence-electron chi connectivity index (χ1n) is 13.4. The summed E-state index contributed by atoms with van der Waals surface area (Å²) in [5.41, 5.74) is 1.59. The first-order chi connectivity index (χ1) is 15.9. The predicted octanol–water partition coefficient (Wildman–Crippen LogP) is 7.93. The summed E-state index contributed by atoms with van der Waals surface area (Å²) in [5, 5.41) is 0.226. The number of ether oxygens (including phenoxy) is 1. The Morgan fingerprint density at radius 2 is 1.94 bits per heavy atom. The van der Waals surface area contributed by atoms with Crippen molar-refractivity contribution in [1.82, 2.24) is 0 Å². The van der Waals surface area contributed by atoms with Crippen LogP contribution in [0.1, 0.15) is 86.5 Å². The molecule has 0 heterocycles. The SMILES string of the molecule is CC#CC[C@H](C)[C@H](C)/C=C/[C@H]1C(O[Si](C)(C)C(C)(C)C)C[C@@H]2C/C(=C\CCCC(=O)OC)C[C@@H]21. The lowest BCUT2D eigenvalue weighted by Gasteiger charge is -2.40. The van der Waals surface area contributed by atoms with Crippen molar-refractivity contribution in [2.75, 3.05) is 7.11 Å². The van der Waals surface area contributed by atoms with Gasteiger partial charge in [0.05, 0.1) is 13.2 Å². The Balaban J connectivity index is 2.13. The van der Waals surface area contributed by atoms with Crippen LogP contribution in [0.4, 0.5) is 0 Å². The van der Waals surface area contributed by atoms with E-state index in [2.05, 4.69) is 77.8 Å². The summed E-state index contributed by atoms with van der Waals surface area (Å²) in [6.07, 6.45) is 14.6. The van der Waals surface area contributed by atoms with Gasteiger partial charge in [0.2, 0.25) is 0 Å². The molecule has 6 atom stereocenters.